The molecule has 3 aromatic rings. The third kappa shape index (κ3) is 4.21. The summed E-state index contributed by atoms with van der Waals surface area (Å²) in [5.41, 5.74) is 5.03. The minimum Gasteiger partial charge on any atom is -0.497 e. The fraction of sp³-hybridized carbons (Fsp3) is 0.217. The van der Waals surface area contributed by atoms with Crippen molar-refractivity contribution < 1.29 is 4.74 Å². The van der Waals surface area contributed by atoms with Gasteiger partial charge in [-0.2, -0.15) is 0 Å². The highest BCUT2D eigenvalue weighted by Crippen LogP contribution is 2.24. The first kappa shape index (κ1) is 17.1. The molecule has 2 heteroatoms. The molecular weight excluding hydrogens is 306 g/mol. The smallest absolute Gasteiger partial charge is 0.119 e. The molecule has 0 radical (unpaired) electrons. The zero-order valence-electron chi connectivity index (χ0n) is 15.1. The normalized spacial score (nSPS) is 10.7. The van der Waals surface area contributed by atoms with E-state index in [1.54, 1.807) is 7.11 Å². The molecule has 2 nitrogen and oxygen atoms in total. The largest absolute Gasteiger partial charge is 0.497 e. The Labute approximate surface area is 150 Å². The van der Waals surface area contributed by atoms with Crippen LogP contribution in [0.4, 0.5) is 5.69 Å². The molecule has 25 heavy (non-hydrogen) atoms. The van der Waals surface area contributed by atoms with E-state index >= 15 is 0 Å². The molecule has 0 saturated heterocycles. The van der Waals surface area contributed by atoms with Gasteiger partial charge in [0.2, 0.25) is 0 Å². The minimum atomic E-state index is 0.419. The van der Waals surface area contributed by atoms with Gasteiger partial charge in [0, 0.05) is 18.3 Å². The predicted octanol–water partition coefficient (Wildman–Crippen LogP) is 5.78. The second kappa shape index (κ2) is 7.89. The van der Waals surface area contributed by atoms with E-state index in [1.165, 1.54) is 22.4 Å². The van der Waals surface area contributed by atoms with E-state index < -0.39 is 0 Å². The fourth-order valence-electron chi connectivity index (χ4n) is 2.98. The molecule has 0 aliphatic rings. The molecular formula is C23H25NO. The van der Waals surface area contributed by atoms with Crippen LogP contribution in [0.5, 0.6) is 5.75 Å². The SMILES string of the molecule is COc1ccc(N(Cc2ccc(-c3ccccc3)cc2)C(C)C)cc1. The number of ether oxygens (including phenoxy) is 1. The van der Waals surface area contributed by atoms with Crippen LogP contribution in [0.15, 0.2) is 78.9 Å². The summed E-state index contributed by atoms with van der Waals surface area (Å²) in [4.78, 5) is 2.40. The van der Waals surface area contributed by atoms with E-state index in [0.717, 1.165) is 12.3 Å². The third-order valence-corrected chi connectivity index (χ3v) is 4.44. The molecule has 128 valence electrons. The van der Waals surface area contributed by atoms with Gasteiger partial charge in [0.15, 0.2) is 0 Å². The first-order valence-electron chi connectivity index (χ1n) is 8.72. The molecule has 0 spiro atoms. The topological polar surface area (TPSA) is 12.5 Å². The summed E-state index contributed by atoms with van der Waals surface area (Å²) in [5, 5.41) is 0. The van der Waals surface area contributed by atoms with Crippen LogP contribution >= 0.6 is 0 Å². The molecule has 3 aromatic carbocycles. The average molecular weight is 331 g/mol. The van der Waals surface area contributed by atoms with Crippen molar-refractivity contribution in [3.05, 3.63) is 84.4 Å². The molecule has 0 aromatic heterocycles. The molecule has 0 atom stereocenters. The molecule has 0 bridgehead atoms. The van der Waals surface area contributed by atoms with E-state index in [0.29, 0.717) is 6.04 Å². The molecule has 0 fully saturated rings. The van der Waals surface area contributed by atoms with E-state index in [4.69, 9.17) is 4.74 Å². The quantitative estimate of drug-likeness (QED) is 0.568. The highest BCUT2D eigenvalue weighted by atomic mass is 16.5. The second-order valence-electron chi connectivity index (χ2n) is 6.48. The van der Waals surface area contributed by atoms with Crippen LogP contribution < -0.4 is 9.64 Å². The number of methoxy groups -OCH3 is 1. The lowest BCUT2D eigenvalue weighted by Gasteiger charge is -2.29. The van der Waals surface area contributed by atoms with E-state index in [2.05, 4.69) is 79.4 Å². The molecule has 0 saturated carbocycles. The molecule has 0 aliphatic carbocycles. The highest BCUT2D eigenvalue weighted by molar-refractivity contribution is 5.63. The molecule has 0 amide bonds. The van der Waals surface area contributed by atoms with Gasteiger partial charge in [-0.1, -0.05) is 54.6 Å². The van der Waals surface area contributed by atoms with E-state index in [1.807, 2.05) is 18.2 Å². The van der Waals surface area contributed by atoms with Crippen molar-refractivity contribution in [2.75, 3.05) is 12.0 Å². The summed E-state index contributed by atoms with van der Waals surface area (Å²) in [6.07, 6.45) is 0. The number of benzene rings is 3. The Hall–Kier alpha value is -2.74. The monoisotopic (exact) mass is 331 g/mol. The summed E-state index contributed by atoms with van der Waals surface area (Å²) in [5.74, 6) is 0.889. The van der Waals surface area contributed by atoms with Crippen molar-refractivity contribution in [1.29, 1.82) is 0 Å². The Morgan fingerprint density at radius 3 is 1.92 bits per heavy atom. The van der Waals surface area contributed by atoms with Crippen molar-refractivity contribution in [2.45, 2.75) is 26.4 Å². The van der Waals surface area contributed by atoms with Crippen molar-refractivity contribution >= 4 is 5.69 Å². The molecule has 0 heterocycles. The first-order chi connectivity index (χ1) is 12.2. The lowest BCUT2D eigenvalue weighted by atomic mass is 10.0. The van der Waals surface area contributed by atoms with Gasteiger partial charge in [-0.15, -0.1) is 0 Å². The summed E-state index contributed by atoms with van der Waals surface area (Å²) in [6.45, 7) is 5.34. The Kier molecular flexibility index (Phi) is 5.39. The van der Waals surface area contributed by atoms with Crippen molar-refractivity contribution in [3.63, 3.8) is 0 Å². The number of hydrogen-bond acceptors (Lipinski definition) is 2. The van der Waals surface area contributed by atoms with Gasteiger partial charge in [-0.05, 0) is 54.8 Å². The number of hydrogen-bond donors (Lipinski definition) is 0. The number of anilines is 1. The number of rotatable bonds is 6. The van der Waals surface area contributed by atoms with Crippen LogP contribution in [-0.2, 0) is 6.54 Å². The Bertz CT molecular complexity index is 777. The molecule has 0 unspecified atom stereocenters. The number of nitrogens with zero attached hydrogens (tertiary/aromatic N) is 1. The predicted molar refractivity (Wildman–Crippen MR) is 106 cm³/mol. The van der Waals surface area contributed by atoms with Gasteiger partial charge in [0.1, 0.15) is 5.75 Å². The van der Waals surface area contributed by atoms with Gasteiger partial charge in [-0.3, -0.25) is 0 Å². The zero-order valence-corrected chi connectivity index (χ0v) is 15.1. The van der Waals surface area contributed by atoms with Gasteiger partial charge in [0.05, 0.1) is 7.11 Å². The maximum atomic E-state index is 5.26. The van der Waals surface area contributed by atoms with Gasteiger partial charge < -0.3 is 9.64 Å². The molecule has 0 N–H and O–H groups in total. The fourth-order valence-corrected chi connectivity index (χ4v) is 2.98. The van der Waals surface area contributed by atoms with Gasteiger partial charge >= 0.3 is 0 Å². The van der Waals surface area contributed by atoms with Gasteiger partial charge in [0.25, 0.3) is 0 Å². The van der Waals surface area contributed by atoms with Crippen LogP contribution in [-0.4, -0.2) is 13.2 Å². The van der Waals surface area contributed by atoms with Crippen molar-refractivity contribution in [2.24, 2.45) is 0 Å². The van der Waals surface area contributed by atoms with Crippen LogP contribution in [0.25, 0.3) is 11.1 Å². The Balaban J connectivity index is 1.78. The van der Waals surface area contributed by atoms with Gasteiger partial charge in [-0.25, -0.2) is 0 Å². The molecule has 3 rings (SSSR count). The summed E-state index contributed by atoms with van der Waals surface area (Å²) < 4.78 is 5.26. The lowest BCUT2D eigenvalue weighted by Crippen LogP contribution is -2.30. The first-order valence-corrected chi connectivity index (χ1v) is 8.72. The standard InChI is InChI=1S/C23H25NO/c1-18(2)24(22-13-15-23(25-3)16-14-22)17-19-9-11-21(12-10-19)20-7-5-4-6-8-20/h4-16,18H,17H2,1-3H3. The Morgan fingerprint density at radius 1 is 0.760 bits per heavy atom. The summed E-state index contributed by atoms with van der Waals surface area (Å²) >= 11 is 0. The maximum Gasteiger partial charge on any atom is 0.119 e. The minimum absolute atomic E-state index is 0.419. The average Bonchev–Trinajstić information content (AvgIpc) is 2.67. The van der Waals surface area contributed by atoms with Crippen LogP contribution in [0.2, 0.25) is 0 Å². The van der Waals surface area contributed by atoms with Crippen LogP contribution in [0.3, 0.4) is 0 Å². The summed E-state index contributed by atoms with van der Waals surface area (Å²) in [6, 6.07) is 28.0. The Morgan fingerprint density at radius 2 is 1.36 bits per heavy atom. The summed E-state index contributed by atoms with van der Waals surface area (Å²) in [7, 11) is 1.70. The van der Waals surface area contributed by atoms with Crippen LogP contribution in [0.1, 0.15) is 19.4 Å². The van der Waals surface area contributed by atoms with Crippen LogP contribution in [0, 0.1) is 0 Å². The maximum absolute atomic E-state index is 5.26. The highest BCUT2D eigenvalue weighted by Gasteiger charge is 2.11. The second-order valence-corrected chi connectivity index (χ2v) is 6.48. The van der Waals surface area contributed by atoms with Crippen molar-refractivity contribution in [1.82, 2.24) is 0 Å². The lowest BCUT2D eigenvalue weighted by molar-refractivity contribution is 0.415. The van der Waals surface area contributed by atoms with E-state index in [9.17, 15) is 0 Å². The zero-order chi connectivity index (χ0) is 17.6. The van der Waals surface area contributed by atoms with Crippen molar-refractivity contribution in [3.8, 4) is 16.9 Å². The molecule has 0 aliphatic heterocycles. The van der Waals surface area contributed by atoms with E-state index in [-0.39, 0.29) is 0 Å². The third-order valence-electron chi connectivity index (χ3n) is 4.44.